The Bertz CT molecular complexity index is 189. The van der Waals surface area contributed by atoms with Gasteiger partial charge in [0.15, 0.2) is 0 Å². The van der Waals surface area contributed by atoms with E-state index < -0.39 is 0 Å². The first kappa shape index (κ1) is 13.3. The second kappa shape index (κ2) is 8.39. The molecule has 0 spiro atoms. The zero-order chi connectivity index (χ0) is 11.6. The first-order valence-corrected chi connectivity index (χ1v) is 6.58. The maximum absolute atomic E-state index is 11.4. The van der Waals surface area contributed by atoms with Gasteiger partial charge in [0.25, 0.3) is 0 Å². The van der Waals surface area contributed by atoms with E-state index in [1.165, 1.54) is 25.7 Å². The highest BCUT2D eigenvalue weighted by Gasteiger charge is 2.11. The van der Waals surface area contributed by atoms with E-state index in [1.807, 2.05) is 0 Å². The van der Waals surface area contributed by atoms with Gasteiger partial charge in [-0.25, -0.2) is 4.79 Å². The zero-order valence-electron chi connectivity index (χ0n) is 10.3. The molecule has 2 amide bonds. The van der Waals surface area contributed by atoms with E-state index in [0.29, 0.717) is 6.04 Å². The Kier molecular flexibility index (Phi) is 6.97. The first-order valence-electron chi connectivity index (χ1n) is 6.58. The molecule has 0 aromatic heterocycles. The summed E-state index contributed by atoms with van der Waals surface area (Å²) in [5.41, 5.74) is 0. The summed E-state index contributed by atoms with van der Waals surface area (Å²) >= 11 is 0. The molecule has 0 aromatic carbocycles. The quantitative estimate of drug-likeness (QED) is 0.625. The summed E-state index contributed by atoms with van der Waals surface area (Å²) < 4.78 is 0. The molecular weight excluding hydrogens is 202 g/mol. The summed E-state index contributed by atoms with van der Waals surface area (Å²) in [6.07, 6.45) is 7.19. The van der Waals surface area contributed by atoms with Crippen LogP contribution in [0.4, 0.5) is 4.79 Å². The lowest BCUT2D eigenvalue weighted by Gasteiger charge is -2.16. The smallest absolute Gasteiger partial charge is 0.314 e. The summed E-state index contributed by atoms with van der Waals surface area (Å²) in [7, 11) is 0. The molecule has 1 heterocycles. The van der Waals surface area contributed by atoms with Gasteiger partial charge in [-0.1, -0.05) is 26.2 Å². The predicted octanol–water partition coefficient (Wildman–Crippen LogP) is 1.62. The van der Waals surface area contributed by atoms with Crippen molar-refractivity contribution in [1.29, 1.82) is 0 Å². The standard InChI is InChI=1S/C12H25N3O/c1-2-3-8-14-12(16)15-10-11-7-5-4-6-9-13-11/h11,13H,2-10H2,1H3,(H2,14,15,16). The van der Waals surface area contributed by atoms with Crippen LogP contribution in [0.25, 0.3) is 0 Å². The van der Waals surface area contributed by atoms with Gasteiger partial charge in [-0.05, 0) is 25.8 Å². The van der Waals surface area contributed by atoms with Gasteiger partial charge in [0.05, 0.1) is 0 Å². The van der Waals surface area contributed by atoms with Gasteiger partial charge in [-0.15, -0.1) is 0 Å². The maximum Gasteiger partial charge on any atom is 0.314 e. The lowest BCUT2D eigenvalue weighted by Crippen LogP contribution is -2.44. The number of unbranched alkanes of at least 4 members (excludes halogenated alkanes) is 1. The second-order valence-corrected chi connectivity index (χ2v) is 4.49. The average Bonchev–Trinajstić information content (AvgIpc) is 2.55. The molecule has 1 unspecified atom stereocenters. The van der Waals surface area contributed by atoms with E-state index in [1.54, 1.807) is 0 Å². The summed E-state index contributed by atoms with van der Waals surface area (Å²) in [5.74, 6) is 0. The zero-order valence-corrected chi connectivity index (χ0v) is 10.3. The molecule has 0 aliphatic carbocycles. The Hall–Kier alpha value is -0.770. The molecule has 0 aromatic rings. The van der Waals surface area contributed by atoms with E-state index in [9.17, 15) is 4.79 Å². The SMILES string of the molecule is CCCCNC(=O)NCC1CCCCCN1. The van der Waals surface area contributed by atoms with E-state index >= 15 is 0 Å². The molecule has 1 saturated heterocycles. The van der Waals surface area contributed by atoms with Crippen LogP contribution in [0.2, 0.25) is 0 Å². The highest BCUT2D eigenvalue weighted by atomic mass is 16.2. The normalized spacial score (nSPS) is 21.2. The minimum absolute atomic E-state index is 0.0282. The van der Waals surface area contributed by atoms with Crippen molar-refractivity contribution in [2.75, 3.05) is 19.6 Å². The lowest BCUT2D eigenvalue weighted by atomic mass is 10.1. The molecular formula is C12H25N3O. The minimum atomic E-state index is -0.0282. The fourth-order valence-electron chi connectivity index (χ4n) is 1.93. The maximum atomic E-state index is 11.4. The molecule has 0 radical (unpaired) electrons. The highest BCUT2D eigenvalue weighted by Crippen LogP contribution is 2.07. The third kappa shape index (κ3) is 5.95. The van der Waals surface area contributed by atoms with Crippen LogP contribution in [0.15, 0.2) is 0 Å². The van der Waals surface area contributed by atoms with Crippen molar-refractivity contribution < 1.29 is 4.79 Å². The average molecular weight is 227 g/mol. The van der Waals surface area contributed by atoms with Crippen molar-refractivity contribution in [1.82, 2.24) is 16.0 Å². The van der Waals surface area contributed by atoms with Crippen molar-refractivity contribution >= 4 is 6.03 Å². The van der Waals surface area contributed by atoms with Gasteiger partial charge in [-0.3, -0.25) is 0 Å². The summed E-state index contributed by atoms with van der Waals surface area (Å²) in [4.78, 5) is 11.4. The van der Waals surface area contributed by atoms with Crippen LogP contribution < -0.4 is 16.0 Å². The summed E-state index contributed by atoms with van der Waals surface area (Å²) in [6.45, 7) is 4.73. The molecule has 1 aliphatic heterocycles. The minimum Gasteiger partial charge on any atom is -0.338 e. The fourth-order valence-corrected chi connectivity index (χ4v) is 1.93. The van der Waals surface area contributed by atoms with E-state index in [0.717, 1.165) is 32.5 Å². The summed E-state index contributed by atoms with van der Waals surface area (Å²) in [6, 6.07) is 0.430. The molecule has 3 N–H and O–H groups in total. The van der Waals surface area contributed by atoms with Gasteiger partial charge in [0, 0.05) is 19.1 Å². The number of urea groups is 1. The monoisotopic (exact) mass is 227 g/mol. The fraction of sp³-hybridized carbons (Fsp3) is 0.917. The number of carbonyl (C=O) groups is 1. The number of nitrogens with one attached hydrogen (secondary N) is 3. The van der Waals surface area contributed by atoms with Crippen LogP contribution in [0, 0.1) is 0 Å². The molecule has 1 atom stereocenters. The van der Waals surface area contributed by atoms with Gasteiger partial charge < -0.3 is 16.0 Å². The van der Waals surface area contributed by atoms with Crippen LogP contribution in [-0.2, 0) is 0 Å². The van der Waals surface area contributed by atoms with Crippen molar-refractivity contribution in [3.63, 3.8) is 0 Å². The van der Waals surface area contributed by atoms with Crippen LogP contribution in [0.5, 0.6) is 0 Å². The molecule has 1 rings (SSSR count). The lowest BCUT2D eigenvalue weighted by molar-refractivity contribution is 0.239. The Labute approximate surface area is 98.6 Å². The van der Waals surface area contributed by atoms with Crippen LogP contribution in [0.3, 0.4) is 0 Å². The molecule has 4 heteroatoms. The van der Waals surface area contributed by atoms with Gasteiger partial charge >= 0.3 is 6.03 Å². The van der Waals surface area contributed by atoms with Gasteiger partial charge in [0.1, 0.15) is 0 Å². The summed E-state index contributed by atoms with van der Waals surface area (Å²) in [5, 5.41) is 9.25. The Balaban J connectivity index is 2.05. The Morgan fingerprint density at radius 3 is 3.00 bits per heavy atom. The third-order valence-corrected chi connectivity index (χ3v) is 2.99. The third-order valence-electron chi connectivity index (χ3n) is 2.99. The predicted molar refractivity (Wildman–Crippen MR) is 66.6 cm³/mol. The highest BCUT2D eigenvalue weighted by molar-refractivity contribution is 5.73. The van der Waals surface area contributed by atoms with Crippen LogP contribution in [-0.4, -0.2) is 31.7 Å². The topological polar surface area (TPSA) is 53.2 Å². The molecule has 1 aliphatic rings. The Morgan fingerprint density at radius 1 is 1.31 bits per heavy atom. The second-order valence-electron chi connectivity index (χ2n) is 4.49. The molecule has 1 fully saturated rings. The number of amides is 2. The molecule has 16 heavy (non-hydrogen) atoms. The molecule has 94 valence electrons. The molecule has 0 saturated carbocycles. The van der Waals surface area contributed by atoms with Gasteiger partial charge in [0.2, 0.25) is 0 Å². The van der Waals surface area contributed by atoms with Crippen LogP contribution in [0.1, 0.15) is 45.4 Å². The van der Waals surface area contributed by atoms with Crippen LogP contribution >= 0.6 is 0 Å². The number of hydrogen-bond acceptors (Lipinski definition) is 2. The van der Waals surface area contributed by atoms with E-state index in [4.69, 9.17) is 0 Å². The van der Waals surface area contributed by atoms with Crippen molar-refractivity contribution in [3.05, 3.63) is 0 Å². The largest absolute Gasteiger partial charge is 0.338 e. The molecule has 4 nitrogen and oxygen atoms in total. The van der Waals surface area contributed by atoms with Crippen molar-refractivity contribution in [3.8, 4) is 0 Å². The van der Waals surface area contributed by atoms with Crippen molar-refractivity contribution in [2.45, 2.75) is 51.5 Å². The number of hydrogen-bond donors (Lipinski definition) is 3. The Morgan fingerprint density at radius 2 is 2.19 bits per heavy atom. The van der Waals surface area contributed by atoms with Crippen molar-refractivity contribution in [2.24, 2.45) is 0 Å². The molecule has 0 bridgehead atoms. The number of carbonyl (C=O) groups excluding carboxylic acids is 1. The van der Waals surface area contributed by atoms with E-state index in [-0.39, 0.29) is 6.03 Å². The first-order chi connectivity index (χ1) is 7.83. The van der Waals surface area contributed by atoms with Gasteiger partial charge in [-0.2, -0.15) is 0 Å². The number of rotatable bonds is 5. The van der Waals surface area contributed by atoms with E-state index in [2.05, 4.69) is 22.9 Å².